The van der Waals surface area contributed by atoms with Crippen molar-refractivity contribution in [2.75, 3.05) is 45.1 Å². The molecule has 4 nitrogen and oxygen atoms in total. The molecule has 1 aromatic rings. The predicted molar refractivity (Wildman–Crippen MR) is 87.7 cm³/mol. The van der Waals surface area contributed by atoms with E-state index in [1.165, 1.54) is 4.88 Å². The fourth-order valence-electron chi connectivity index (χ4n) is 2.82. The molecule has 1 atom stereocenters. The second-order valence-electron chi connectivity index (χ2n) is 5.38. The van der Waals surface area contributed by atoms with Gasteiger partial charge < -0.3 is 9.64 Å². The Labute approximate surface area is 134 Å². The Morgan fingerprint density at radius 1 is 1.29 bits per heavy atom. The molecule has 21 heavy (non-hydrogen) atoms. The second-order valence-corrected chi connectivity index (χ2v) is 7.55. The van der Waals surface area contributed by atoms with E-state index in [9.17, 15) is 4.79 Å². The van der Waals surface area contributed by atoms with E-state index in [0.717, 1.165) is 51.6 Å². The Balaban J connectivity index is 1.54. The summed E-state index contributed by atoms with van der Waals surface area (Å²) in [5, 5.41) is 2.33. The molecule has 2 aliphatic heterocycles. The molecule has 1 aromatic heterocycles. The average Bonchev–Trinajstić information content (AvgIpc) is 3.04. The van der Waals surface area contributed by atoms with Crippen LogP contribution in [0, 0.1) is 0 Å². The quantitative estimate of drug-likeness (QED) is 0.832. The Morgan fingerprint density at radius 2 is 2.14 bits per heavy atom. The summed E-state index contributed by atoms with van der Waals surface area (Å²) < 4.78 is 5.37. The van der Waals surface area contributed by atoms with Gasteiger partial charge >= 0.3 is 0 Å². The summed E-state index contributed by atoms with van der Waals surface area (Å²) in [6.45, 7) is 5.67. The van der Waals surface area contributed by atoms with Gasteiger partial charge in [-0.1, -0.05) is 6.07 Å². The normalized spacial score (nSPS) is 24.5. The van der Waals surface area contributed by atoms with E-state index in [4.69, 9.17) is 4.74 Å². The summed E-state index contributed by atoms with van der Waals surface area (Å²) in [5.41, 5.74) is 0. The number of nitrogens with zero attached hydrogens (tertiary/aromatic N) is 2. The summed E-state index contributed by atoms with van der Waals surface area (Å²) >= 11 is 3.66. The molecular formula is C15H22N2O2S2. The molecule has 0 saturated carbocycles. The maximum Gasteiger partial charge on any atom is 0.224 e. The van der Waals surface area contributed by atoms with Crippen LogP contribution < -0.4 is 0 Å². The number of rotatable bonds is 5. The highest BCUT2D eigenvalue weighted by Gasteiger charge is 2.30. The third-order valence-electron chi connectivity index (χ3n) is 3.96. The molecule has 1 amide bonds. The van der Waals surface area contributed by atoms with Gasteiger partial charge in [0.1, 0.15) is 5.37 Å². The number of hydrogen-bond donors (Lipinski definition) is 0. The van der Waals surface area contributed by atoms with Crippen molar-refractivity contribution < 1.29 is 9.53 Å². The van der Waals surface area contributed by atoms with Crippen LogP contribution in [0.3, 0.4) is 0 Å². The van der Waals surface area contributed by atoms with Crippen molar-refractivity contribution in [3.05, 3.63) is 22.4 Å². The van der Waals surface area contributed by atoms with Gasteiger partial charge in [-0.05, 0) is 17.9 Å². The zero-order valence-corrected chi connectivity index (χ0v) is 13.8. The van der Waals surface area contributed by atoms with E-state index in [1.807, 2.05) is 11.8 Å². The molecule has 0 N–H and O–H groups in total. The minimum Gasteiger partial charge on any atom is -0.379 e. The van der Waals surface area contributed by atoms with Gasteiger partial charge in [-0.25, -0.2) is 0 Å². The van der Waals surface area contributed by atoms with Crippen molar-refractivity contribution in [3.8, 4) is 0 Å². The van der Waals surface area contributed by atoms with Crippen LogP contribution in [-0.4, -0.2) is 60.9 Å². The Bertz CT molecular complexity index is 447. The van der Waals surface area contributed by atoms with Crippen LogP contribution in [0.4, 0.5) is 0 Å². The fourth-order valence-corrected chi connectivity index (χ4v) is 5.07. The molecule has 2 saturated heterocycles. The molecule has 2 aliphatic rings. The second kappa shape index (κ2) is 7.63. The van der Waals surface area contributed by atoms with Crippen LogP contribution in [-0.2, 0) is 9.53 Å². The van der Waals surface area contributed by atoms with Gasteiger partial charge in [0.05, 0.1) is 13.2 Å². The number of amides is 1. The van der Waals surface area contributed by atoms with Gasteiger partial charge in [0.25, 0.3) is 0 Å². The average molecular weight is 326 g/mol. The fraction of sp³-hybridized carbons (Fsp3) is 0.667. The lowest BCUT2D eigenvalue weighted by Gasteiger charge is -2.35. The lowest BCUT2D eigenvalue weighted by atomic mass is 10.2. The maximum atomic E-state index is 12.3. The van der Waals surface area contributed by atoms with E-state index in [2.05, 4.69) is 27.3 Å². The zero-order chi connectivity index (χ0) is 14.5. The smallest absolute Gasteiger partial charge is 0.224 e. The lowest BCUT2D eigenvalue weighted by Crippen LogP contribution is -2.41. The number of thioether (sulfide) groups is 1. The maximum absolute atomic E-state index is 12.3. The topological polar surface area (TPSA) is 32.8 Å². The molecule has 3 rings (SSSR count). The molecule has 116 valence electrons. The summed E-state index contributed by atoms with van der Waals surface area (Å²) in [5.74, 6) is 1.26. The van der Waals surface area contributed by atoms with Gasteiger partial charge in [0.2, 0.25) is 5.91 Å². The Morgan fingerprint density at radius 3 is 2.90 bits per heavy atom. The predicted octanol–water partition coefficient (Wildman–Crippen LogP) is 2.43. The van der Waals surface area contributed by atoms with Crippen LogP contribution >= 0.6 is 23.1 Å². The molecule has 3 heterocycles. The molecule has 6 heteroatoms. The highest BCUT2D eigenvalue weighted by Crippen LogP contribution is 2.39. The standard InChI is InChI=1S/C15H22N2O2S2/c18-14-4-12-21-15(13-3-1-11-20-13)17(14)6-2-5-16-7-9-19-10-8-16/h1,3,11,15H,2,4-10,12H2. The Hall–Kier alpha value is -0.560. The van der Waals surface area contributed by atoms with Crippen molar-refractivity contribution in [1.29, 1.82) is 0 Å². The Kier molecular flexibility index (Phi) is 5.57. The van der Waals surface area contributed by atoms with Gasteiger partial charge in [-0.15, -0.1) is 23.1 Å². The molecular weight excluding hydrogens is 304 g/mol. The molecule has 1 unspecified atom stereocenters. The molecule has 2 fully saturated rings. The number of carbonyl (C=O) groups excluding carboxylic acids is 1. The van der Waals surface area contributed by atoms with Crippen LogP contribution in [0.1, 0.15) is 23.1 Å². The summed E-state index contributed by atoms with van der Waals surface area (Å²) in [6, 6.07) is 4.22. The first-order chi connectivity index (χ1) is 10.3. The van der Waals surface area contributed by atoms with Gasteiger partial charge in [-0.2, -0.15) is 0 Å². The van der Waals surface area contributed by atoms with Crippen molar-refractivity contribution >= 4 is 29.0 Å². The monoisotopic (exact) mass is 326 g/mol. The molecule has 0 spiro atoms. The lowest BCUT2D eigenvalue weighted by molar-refractivity contribution is -0.132. The van der Waals surface area contributed by atoms with Crippen LogP contribution in [0.2, 0.25) is 0 Å². The van der Waals surface area contributed by atoms with Crippen LogP contribution in [0.25, 0.3) is 0 Å². The van der Waals surface area contributed by atoms with E-state index in [1.54, 1.807) is 11.3 Å². The number of hydrogen-bond acceptors (Lipinski definition) is 5. The first-order valence-corrected chi connectivity index (χ1v) is 9.52. The highest BCUT2D eigenvalue weighted by molar-refractivity contribution is 7.99. The van der Waals surface area contributed by atoms with Crippen molar-refractivity contribution in [2.45, 2.75) is 18.2 Å². The summed E-state index contributed by atoms with van der Waals surface area (Å²) in [7, 11) is 0. The SMILES string of the molecule is O=C1CCSC(c2cccs2)N1CCCN1CCOCC1. The number of ether oxygens (including phenoxy) is 1. The number of carbonyl (C=O) groups is 1. The highest BCUT2D eigenvalue weighted by atomic mass is 32.2. The largest absolute Gasteiger partial charge is 0.379 e. The zero-order valence-electron chi connectivity index (χ0n) is 12.2. The van der Waals surface area contributed by atoms with Crippen molar-refractivity contribution in [3.63, 3.8) is 0 Å². The third kappa shape index (κ3) is 4.00. The molecule has 0 radical (unpaired) electrons. The van der Waals surface area contributed by atoms with Crippen molar-refractivity contribution in [1.82, 2.24) is 9.80 Å². The van der Waals surface area contributed by atoms with Crippen LogP contribution in [0.15, 0.2) is 17.5 Å². The summed E-state index contributed by atoms with van der Waals surface area (Å²) in [4.78, 5) is 18.1. The third-order valence-corrected chi connectivity index (χ3v) is 6.30. The first-order valence-electron chi connectivity index (χ1n) is 7.59. The molecule has 0 bridgehead atoms. The number of thiophene rings is 1. The van der Waals surface area contributed by atoms with Gasteiger partial charge in [-0.3, -0.25) is 9.69 Å². The molecule has 0 aliphatic carbocycles. The van der Waals surface area contributed by atoms with Crippen molar-refractivity contribution in [2.24, 2.45) is 0 Å². The van der Waals surface area contributed by atoms with E-state index >= 15 is 0 Å². The van der Waals surface area contributed by atoms with Crippen LogP contribution in [0.5, 0.6) is 0 Å². The van der Waals surface area contributed by atoms with E-state index in [-0.39, 0.29) is 5.37 Å². The summed E-state index contributed by atoms with van der Waals surface area (Å²) in [6.07, 6.45) is 1.73. The van der Waals surface area contributed by atoms with E-state index < -0.39 is 0 Å². The van der Waals surface area contributed by atoms with Gasteiger partial charge in [0.15, 0.2) is 0 Å². The first kappa shape index (κ1) is 15.3. The molecule has 0 aromatic carbocycles. The van der Waals surface area contributed by atoms with Gasteiger partial charge in [0, 0.05) is 43.2 Å². The number of morpholine rings is 1. The minimum atomic E-state index is 0.232. The van der Waals surface area contributed by atoms with E-state index in [0.29, 0.717) is 12.3 Å². The minimum absolute atomic E-state index is 0.232.